The minimum atomic E-state index is -1.04. The number of ether oxygens (including phenoxy) is 2. The van der Waals surface area contributed by atoms with Crippen LogP contribution in [0.4, 0.5) is 10.5 Å². The highest BCUT2D eigenvalue weighted by molar-refractivity contribution is 7.59. The van der Waals surface area contributed by atoms with Crippen molar-refractivity contribution in [1.29, 1.82) is 0 Å². The first kappa shape index (κ1) is 32.7. The number of benzene rings is 2. The SMILES string of the molecule is CC(C)C[C@H](NC(=O)OCc1ccccc1)C(=O)NN(CCC(N)=O)C(=O)COc1ccc([N+](=O)[O-])cc1.S. The fraction of sp³-hybridized carbons (Fsp3) is 0.360. The highest BCUT2D eigenvalue weighted by atomic mass is 32.1. The fourth-order valence-electron chi connectivity index (χ4n) is 3.17. The average Bonchev–Trinajstić information content (AvgIpc) is 2.88. The van der Waals surface area contributed by atoms with E-state index in [1.807, 2.05) is 19.9 Å². The van der Waals surface area contributed by atoms with Crippen molar-refractivity contribution in [3.63, 3.8) is 0 Å². The number of hydrogen-bond donors (Lipinski definition) is 3. The van der Waals surface area contributed by atoms with Crippen molar-refractivity contribution < 1.29 is 33.6 Å². The summed E-state index contributed by atoms with van der Waals surface area (Å²) in [4.78, 5) is 59.7. The number of rotatable bonds is 13. The lowest BCUT2D eigenvalue weighted by Crippen LogP contribution is -2.56. The Morgan fingerprint density at radius 1 is 1.05 bits per heavy atom. The van der Waals surface area contributed by atoms with Crippen molar-refractivity contribution in [2.75, 3.05) is 13.2 Å². The van der Waals surface area contributed by atoms with E-state index in [1.165, 1.54) is 24.3 Å². The van der Waals surface area contributed by atoms with Gasteiger partial charge in [-0.3, -0.25) is 34.9 Å². The second kappa shape index (κ2) is 16.5. The van der Waals surface area contributed by atoms with Gasteiger partial charge in [-0.1, -0.05) is 44.2 Å². The fourth-order valence-corrected chi connectivity index (χ4v) is 3.17. The van der Waals surface area contributed by atoms with E-state index >= 15 is 0 Å². The molecular weight excluding hydrogens is 530 g/mol. The Labute approximate surface area is 232 Å². The maximum atomic E-state index is 13.0. The van der Waals surface area contributed by atoms with E-state index in [9.17, 15) is 29.3 Å². The lowest BCUT2D eigenvalue weighted by atomic mass is 10.0. The van der Waals surface area contributed by atoms with Gasteiger partial charge in [0.05, 0.1) is 11.5 Å². The first-order valence-electron chi connectivity index (χ1n) is 11.8. The van der Waals surface area contributed by atoms with Crippen LogP contribution in [-0.2, 0) is 25.7 Å². The summed E-state index contributed by atoms with van der Waals surface area (Å²) in [7, 11) is 0. The Bertz CT molecular complexity index is 1120. The number of nitro groups is 1. The van der Waals surface area contributed by atoms with Gasteiger partial charge in [-0.25, -0.2) is 4.79 Å². The number of amides is 4. The molecular formula is C25H33N5O8S. The molecule has 2 rings (SSSR count). The van der Waals surface area contributed by atoms with Crippen molar-refractivity contribution >= 4 is 43.0 Å². The molecule has 212 valence electrons. The van der Waals surface area contributed by atoms with Gasteiger partial charge in [0.25, 0.3) is 17.5 Å². The summed E-state index contributed by atoms with van der Waals surface area (Å²) in [6.45, 7) is 2.93. The highest BCUT2D eigenvalue weighted by Gasteiger charge is 2.26. The van der Waals surface area contributed by atoms with Gasteiger partial charge in [-0.15, -0.1) is 0 Å². The Morgan fingerprint density at radius 3 is 2.26 bits per heavy atom. The van der Waals surface area contributed by atoms with Crippen LogP contribution in [0.25, 0.3) is 0 Å². The number of hydrogen-bond acceptors (Lipinski definition) is 8. The number of nitrogens with one attached hydrogen (secondary N) is 2. The van der Waals surface area contributed by atoms with Crippen LogP contribution in [0.5, 0.6) is 5.75 Å². The van der Waals surface area contributed by atoms with E-state index in [0.717, 1.165) is 10.6 Å². The van der Waals surface area contributed by atoms with Crippen LogP contribution in [-0.4, -0.2) is 52.9 Å². The van der Waals surface area contributed by atoms with Gasteiger partial charge in [0.1, 0.15) is 18.4 Å². The van der Waals surface area contributed by atoms with Crippen LogP contribution in [0, 0.1) is 16.0 Å². The van der Waals surface area contributed by atoms with Crippen molar-refractivity contribution in [2.24, 2.45) is 11.7 Å². The maximum absolute atomic E-state index is 13.0. The third-order valence-corrected chi connectivity index (χ3v) is 5.07. The van der Waals surface area contributed by atoms with E-state index in [0.29, 0.717) is 0 Å². The smallest absolute Gasteiger partial charge is 0.408 e. The molecule has 2 aromatic carbocycles. The summed E-state index contributed by atoms with van der Waals surface area (Å²) < 4.78 is 10.6. The molecule has 14 heteroatoms. The molecule has 13 nitrogen and oxygen atoms in total. The Morgan fingerprint density at radius 2 is 1.69 bits per heavy atom. The largest absolute Gasteiger partial charge is 0.484 e. The second-order valence-electron chi connectivity index (χ2n) is 8.67. The first-order valence-corrected chi connectivity index (χ1v) is 11.8. The number of nitrogens with two attached hydrogens (primary N) is 1. The molecule has 39 heavy (non-hydrogen) atoms. The molecule has 0 saturated heterocycles. The summed E-state index contributed by atoms with van der Waals surface area (Å²) in [5, 5.41) is 14.2. The number of carbonyl (C=O) groups is 4. The highest BCUT2D eigenvalue weighted by Crippen LogP contribution is 2.17. The van der Waals surface area contributed by atoms with Crippen LogP contribution in [0.15, 0.2) is 54.6 Å². The lowest BCUT2D eigenvalue weighted by molar-refractivity contribution is -0.384. The number of alkyl carbamates (subject to hydrolysis) is 1. The third-order valence-electron chi connectivity index (χ3n) is 5.07. The van der Waals surface area contributed by atoms with Crippen molar-refractivity contribution in [3.8, 4) is 5.75 Å². The molecule has 0 unspecified atom stereocenters. The van der Waals surface area contributed by atoms with Crippen LogP contribution in [0.3, 0.4) is 0 Å². The third kappa shape index (κ3) is 12.2. The molecule has 0 aliphatic heterocycles. The van der Waals surface area contributed by atoms with Crippen molar-refractivity contribution in [3.05, 3.63) is 70.3 Å². The minimum absolute atomic E-state index is 0. The molecule has 4 N–H and O–H groups in total. The Balaban J connectivity index is 0.00000760. The standard InChI is InChI=1S/C25H31N5O8.H2S/c1-17(2)14-21(27-25(34)38-15-18-6-4-3-5-7-18)24(33)28-29(13-12-22(26)31)23(32)16-37-20-10-8-19(9-11-20)30(35)36;/h3-11,17,21H,12-16H2,1-2H3,(H2,26,31)(H,27,34)(H,28,33);1H2/t21-;/m0./s1. The zero-order chi connectivity index (χ0) is 28.1. The molecule has 2 aromatic rings. The summed E-state index contributed by atoms with van der Waals surface area (Å²) in [5.41, 5.74) is 8.23. The number of nitrogens with zero attached hydrogens (tertiary/aromatic N) is 2. The van der Waals surface area contributed by atoms with Crippen LogP contribution >= 0.6 is 13.5 Å². The topological polar surface area (TPSA) is 183 Å². The van der Waals surface area contributed by atoms with E-state index < -0.39 is 41.4 Å². The normalized spacial score (nSPS) is 10.9. The average molecular weight is 564 g/mol. The van der Waals surface area contributed by atoms with Gasteiger partial charge >= 0.3 is 6.09 Å². The van der Waals surface area contributed by atoms with Gasteiger partial charge in [0.15, 0.2) is 6.61 Å². The van der Waals surface area contributed by atoms with Crippen molar-refractivity contribution in [1.82, 2.24) is 15.8 Å². The van der Waals surface area contributed by atoms with Gasteiger partial charge in [-0.05, 0) is 30.0 Å². The quantitative estimate of drug-likeness (QED) is 0.245. The summed E-state index contributed by atoms with van der Waals surface area (Å²) >= 11 is 0. The zero-order valence-electron chi connectivity index (χ0n) is 21.6. The van der Waals surface area contributed by atoms with Gasteiger partial charge in [0.2, 0.25) is 5.91 Å². The molecule has 0 bridgehead atoms. The number of carbonyl (C=O) groups excluding carboxylic acids is 4. The molecule has 0 spiro atoms. The number of primary amides is 1. The summed E-state index contributed by atoms with van der Waals surface area (Å²) in [6, 6.07) is 13.0. The van der Waals surface area contributed by atoms with E-state index in [4.69, 9.17) is 15.2 Å². The lowest BCUT2D eigenvalue weighted by Gasteiger charge is -2.26. The molecule has 0 heterocycles. The summed E-state index contributed by atoms with van der Waals surface area (Å²) in [5.74, 6) is -1.93. The molecule has 0 aliphatic rings. The van der Waals surface area contributed by atoms with Gasteiger partial charge in [0, 0.05) is 18.6 Å². The van der Waals surface area contributed by atoms with Gasteiger partial charge < -0.3 is 20.5 Å². The van der Waals surface area contributed by atoms with E-state index in [2.05, 4.69) is 10.7 Å². The molecule has 4 amide bonds. The monoisotopic (exact) mass is 563 g/mol. The second-order valence-corrected chi connectivity index (χ2v) is 8.67. The predicted octanol–water partition coefficient (Wildman–Crippen LogP) is 2.16. The summed E-state index contributed by atoms with van der Waals surface area (Å²) in [6.07, 6.45) is -0.819. The van der Waals surface area contributed by atoms with E-state index in [-0.39, 0.29) is 56.8 Å². The molecule has 0 aromatic heterocycles. The van der Waals surface area contributed by atoms with E-state index in [1.54, 1.807) is 24.3 Å². The molecule has 1 atom stereocenters. The maximum Gasteiger partial charge on any atom is 0.408 e. The molecule has 0 saturated carbocycles. The number of hydrazine groups is 1. The molecule has 0 aliphatic carbocycles. The number of nitro benzene ring substituents is 1. The van der Waals surface area contributed by atoms with Crippen LogP contribution in [0.2, 0.25) is 0 Å². The van der Waals surface area contributed by atoms with Gasteiger partial charge in [-0.2, -0.15) is 13.5 Å². The van der Waals surface area contributed by atoms with Crippen LogP contribution in [0.1, 0.15) is 32.3 Å². The Kier molecular flexibility index (Phi) is 13.8. The zero-order valence-corrected chi connectivity index (χ0v) is 22.6. The molecule has 0 radical (unpaired) electrons. The predicted molar refractivity (Wildman–Crippen MR) is 146 cm³/mol. The first-order chi connectivity index (χ1) is 18.0. The van der Waals surface area contributed by atoms with Crippen LogP contribution < -0.4 is 21.2 Å². The number of non-ortho nitro benzene ring substituents is 1. The van der Waals surface area contributed by atoms with Crippen molar-refractivity contribution in [2.45, 2.75) is 39.3 Å². The Hall–Kier alpha value is -4.33. The minimum Gasteiger partial charge on any atom is -0.484 e. The molecule has 0 fully saturated rings.